The van der Waals surface area contributed by atoms with Crippen molar-refractivity contribution in [1.29, 1.82) is 0 Å². The van der Waals surface area contributed by atoms with Gasteiger partial charge in [0.05, 0.1) is 5.69 Å². The number of aromatic hydroxyl groups is 1. The number of rotatable bonds is 5. The number of carbonyl (C=O) groups is 1. The van der Waals surface area contributed by atoms with Crippen LogP contribution >= 0.6 is 0 Å². The maximum absolute atomic E-state index is 11.7. The van der Waals surface area contributed by atoms with E-state index in [9.17, 15) is 9.90 Å². The Balaban J connectivity index is 1.73. The number of likely N-dealkylation sites (N-methyl/N-ethyl adjacent to an activating group) is 1. The van der Waals surface area contributed by atoms with Crippen molar-refractivity contribution in [2.75, 3.05) is 26.0 Å². The van der Waals surface area contributed by atoms with E-state index in [0.717, 1.165) is 30.6 Å². The van der Waals surface area contributed by atoms with Crippen LogP contribution < -0.4 is 10.6 Å². The Morgan fingerprint density at radius 3 is 2.57 bits per heavy atom. The molecule has 2 atom stereocenters. The summed E-state index contributed by atoms with van der Waals surface area (Å²) in [7, 11) is 5.42. The van der Waals surface area contributed by atoms with Gasteiger partial charge in [-0.1, -0.05) is 18.9 Å². The SMILES string of the molecule is CN(C)C(=O)/C=C/c1ccc(-c2ccc(N(C)[C@H]3CCCCC(N)C3)nn2)c(O)c1. The Bertz CT molecular complexity index is 895. The Kier molecular flexibility index (Phi) is 7.05. The zero-order valence-corrected chi connectivity index (χ0v) is 18.0. The van der Waals surface area contributed by atoms with Gasteiger partial charge in [-0.25, -0.2) is 0 Å². The van der Waals surface area contributed by atoms with Gasteiger partial charge >= 0.3 is 0 Å². The van der Waals surface area contributed by atoms with Crippen molar-refractivity contribution >= 4 is 17.8 Å². The lowest BCUT2D eigenvalue weighted by Crippen LogP contribution is -2.36. The highest BCUT2D eigenvalue weighted by Gasteiger charge is 2.22. The number of carbonyl (C=O) groups excluding carboxylic acids is 1. The Morgan fingerprint density at radius 2 is 1.90 bits per heavy atom. The summed E-state index contributed by atoms with van der Waals surface area (Å²) in [6.07, 6.45) is 8.67. The van der Waals surface area contributed by atoms with Gasteiger partial charge in [-0.05, 0) is 55.2 Å². The minimum atomic E-state index is -0.112. The quantitative estimate of drug-likeness (QED) is 0.582. The number of anilines is 1. The van der Waals surface area contributed by atoms with Gasteiger partial charge in [0.2, 0.25) is 5.91 Å². The van der Waals surface area contributed by atoms with E-state index in [1.165, 1.54) is 23.8 Å². The van der Waals surface area contributed by atoms with E-state index >= 15 is 0 Å². The van der Waals surface area contributed by atoms with Gasteiger partial charge in [0, 0.05) is 44.9 Å². The maximum Gasteiger partial charge on any atom is 0.246 e. The molecule has 1 unspecified atom stereocenters. The third-order valence-corrected chi connectivity index (χ3v) is 5.65. The second-order valence-corrected chi connectivity index (χ2v) is 8.16. The lowest BCUT2D eigenvalue weighted by molar-refractivity contribution is -0.123. The number of nitrogens with two attached hydrogens (primary N) is 1. The van der Waals surface area contributed by atoms with Crippen molar-refractivity contribution in [3.63, 3.8) is 0 Å². The van der Waals surface area contributed by atoms with E-state index in [0.29, 0.717) is 17.3 Å². The summed E-state index contributed by atoms with van der Waals surface area (Å²) in [6, 6.07) is 9.65. The molecule has 0 radical (unpaired) electrons. The highest BCUT2D eigenvalue weighted by atomic mass is 16.3. The lowest BCUT2D eigenvalue weighted by Gasteiger charge is -2.29. The van der Waals surface area contributed by atoms with Crippen LogP contribution in [0, 0.1) is 0 Å². The molecular formula is C23H31N5O2. The molecule has 2 aromatic rings. The molecule has 0 bridgehead atoms. The number of nitrogens with zero attached hydrogens (tertiary/aromatic N) is 4. The average molecular weight is 410 g/mol. The van der Waals surface area contributed by atoms with Crippen LogP contribution in [0.3, 0.4) is 0 Å². The minimum absolute atomic E-state index is 0.0969. The van der Waals surface area contributed by atoms with Crippen LogP contribution in [-0.2, 0) is 4.79 Å². The average Bonchev–Trinajstić information content (AvgIpc) is 2.96. The summed E-state index contributed by atoms with van der Waals surface area (Å²) < 4.78 is 0. The van der Waals surface area contributed by atoms with Crippen molar-refractivity contribution in [3.05, 3.63) is 42.0 Å². The van der Waals surface area contributed by atoms with Crippen LogP contribution in [0.15, 0.2) is 36.4 Å². The van der Waals surface area contributed by atoms with Gasteiger partial charge in [0.25, 0.3) is 0 Å². The Hall–Kier alpha value is -2.93. The number of amides is 1. The van der Waals surface area contributed by atoms with E-state index < -0.39 is 0 Å². The summed E-state index contributed by atoms with van der Waals surface area (Å²) in [5.74, 6) is 0.789. The zero-order chi connectivity index (χ0) is 21.7. The van der Waals surface area contributed by atoms with Crippen LogP contribution in [0.2, 0.25) is 0 Å². The number of phenolic OH excluding ortho intramolecular Hbond substituents is 1. The molecule has 1 aromatic heterocycles. The van der Waals surface area contributed by atoms with Crippen LogP contribution in [-0.4, -0.2) is 59.3 Å². The monoisotopic (exact) mass is 409 g/mol. The summed E-state index contributed by atoms with van der Waals surface area (Å²) >= 11 is 0. The first-order chi connectivity index (χ1) is 14.3. The normalized spacial score (nSPS) is 19.5. The smallest absolute Gasteiger partial charge is 0.246 e. The fourth-order valence-corrected chi connectivity index (χ4v) is 3.75. The molecule has 7 heteroatoms. The molecule has 0 saturated heterocycles. The predicted molar refractivity (Wildman–Crippen MR) is 120 cm³/mol. The summed E-state index contributed by atoms with van der Waals surface area (Å²) in [5, 5.41) is 19.2. The molecule has 1 fully saturated rings. The molecule has 1 saturated carbocycles. The van der Waals surface area contributed by atoms with Gasteiger partial charge in [0.1, 0.15) is 5.75 Å². The van der Waals surface area contributed by atoms with E-state index in [-0.39, 0.29) is 17.7 Å². The fourth-order valence-electron chi connectivity index (χ4n) is 3.75. The first-order valence-electron chi connectivity index (χ1n) is 10.4. The zero-order valence-electron chi connectivity index (χ0n) is 18.0. The molecule has 0 aliphatic heterocycles. The third kappa shape index (κ3) is 5.36. The summed E-state index contributed by atoms with van der Waals surface area (Å²) in [4.78, 5) is 15.3. The Morgan fingerprint density at radius 1 is 1.13 bits per heavy atom. The van der Waals surface area contributed by atoms with E-state index in [2.05, 4.69) is 15.1 Å². The highest BCUT2D eigenvalue weighted by Crippen LogP contribution is 2.30. The lowest BCUT2D eigenvalue weighted by atomic mass is 10.0. The van der Waals surface area contributed by atoms with E-state index in [1.807, 2.05) is 25.2 Å². The summed E-state index contributed by atoms with van der Waals surface area (Å²) in [5.41, 5.74) is 8.14. The van der Waals surface area contributed by atoms with Gasteiger partial charge in [0.15, 0.2) is 5.82 Å². The fraction of sp³-hybridized carbons (Fsp3) is 0.435. The number of hydrogen-bond acceptors (Lipinski definition) is 6. The second kappa shape index (κ2) is 9.71. The molecule has 7 nitrogen and oxygen atoms in total. The second-order valence-electron chi connectivity index (χ2n) is 8.16. The van der Waals surface area contributed by atoms with Crippen molar-refractivity contribution in [1.82, 2.24) is 15.1 Å². The molecule has 30 heavy (non-hydrogen) atoms. The standard InChI is InChI=1S/C23H31N5O2/c1-27(2)23(30)13-9-16-8-10-19(21(29)14-16)20-11-12-22(26-25-20)28(3)18-7-5-4-6-17(24)15-18/h8-14,17-18,29H,4-7,15,24H2,1-3H3/b13-9+/t17?,18-/m0/s1. The Labute approximate surface area is 178 Å². The molecule has 1 aliphatic carbocycles. The first kappa shape index (κ1) is 21.8. The van der Waals surface area contributed by atoms with Crippen LogP contribution in [0.1, 0.15) is 37.7 Å². The van der Waals surface area contributed by atoms with Crippen LogP contribution in [0.25, 0.3) is 17.3 Å². The molecule has 3 N–H and O–H groups in total. The molecule has 160 valence electrons. The molecule has 1 aromatic carbocycles. The number of aromatic nitrogens is 2. The molecule has 0 spiro atoms. The van der Waals surface area contributed by atoms with Crippen molar-refractivity contribution in [2.45, 2.75) is 44.2 Å². The van der Waals surface area contributed by atoms with E-state index in [1.54, 1.807) is 32.3 Å². The van der Waals surface area contributed by atoms with Crippen LogP contribution in [0.4, 0.5) is 5.82 Å². The van der Waals surface area contributed by atoms with Gasteiger partial charge in [-0.2, -0.15) is 0 Å². The maximum atomic E-state index is 11.7. The number of hydrogen-bond donors (Lipinski definition) is 2. The molecule has 1 amide bonds. The first-order valence-corrected chi connectivity index (χ1v) is 10.4. The van der Waals surface area contributed by atoms with Gasteiger partial charge in [-0.15, -0.1) is 10.2 Å². The topological polar surface area (TPSA) is 95.6 Å². The van der Waals surface area contributed by atoms with Crippen molar-refractivity contribution in [3.8, 4) is 17.0 Å². The van der Waals surface area contributed by atoms with Crippen molar-refractivity contribution in [2.24, 2.45) is 5.73 Å². The van der Waals surface area contributed by atoms with E-state index in [4.69, 9.17) is 5.73 Å². The third-order valence-electron chi connectivity index (χ3n) is 5.65. The summed E-state index contributed by atoms with van der Waals surface area (Å²) in [6.45, 7) is 0. The molecule has 1 aliphatic rings. The van der Waals surface area contributed by atoms with Gasteiger partial charge in [-0.3, -0.25) is 4.79 Å². The van der Waals surface area contributed by atoms with Gasteiger partial charge < -0.3 is 20.6 Å². The van der Waals surface area contributed by atoms with Crippen molar-refractivity contribution < 1.29 is 9.90 Å². The van der Waals surface area contributed by atoms with Crippen LogP contribution in [0.5, 0.6) is 5.75 Å². The largest absolute Gasteiger partial charge is 0.507 e. The highest BCUT2D eigenvalue weighted by molar-refractivity contribution is 5.91. The number of benzene rings is 1. The molecular weight excluding hydrogens is 378 g/mol. The molecule has 3 rings (SSSR count). The predicted octanol–water partition coefficient (Wildman–Crippen LogP) is 3.05. The molecule has 1 heterocycles. The number of phenols is 1. The minimum Gasteiger partial charge on any atom is -0.507 e.